The zero-order chi connectivity index (χ0) is 13.8. The second-order valence-electron chi connectivity index (χ2n) is 3.95. The molecule has 0 spiro atoms. The van der Waals surface area contributed by atoms with Gasteiger partial charge in [-0.3, -0.25) is 10.1 Å². The van der Waals surface area contributed by atoms with Gasteiger partial charge in [-0.15, -0.1) is 11.8 Å². The predicted octanol–water partition coefficient (Wildman–Crippen LogP) is 1.96. The Hall–Kier alpha value is -1.11. The fraction of sp³-hybridized carbons (Fsp3) is 0.417. The topological polar surface area (TPSA) is 59.6 Å². The Labute approximate surface area is 121 Å². The number of anilines is 1. The van der Waals surface area contributed by atoms with Gasteiger partial charge in [0.2, 0.25) is 5.91 Å². The molecule has 1 heterocycles. The summed E-state index contributed by atoms with van der Waals surface area (Å²) in [6.07, 6.45) is 0. The van der Waals surface area contributed by atoms with Gasteiger partial charge in [-0.25, -0.2) is 0 Å². The van der Waals surface area contributed by atoms with Crippen molar-refractivity contribution in [2.75, 3.05) is 31.2 Å². The molecule has 1 atom stereocenters. The van der Waals surface area contributed by atoms with Crippen molar-refractivity contribution >= 4 is 35.0 Å². The van der Waals surface area contributed by atoms with Gasteiger partial charge < -0.3 is 14.8 Å². The number of ether oxygens (including phenoxy) is 2. The van der Waals surface area contributed by atoms with E-state index in [9.17, 15) is 4.79 Å². The van der Waals surface area contributed by atoms with Crippen LogP contribution in [0.2, 0.25) is 5.02 Å². The van der Waals surface area contributed by atoms with E-state index >= 15 is 0 Å². The average molecular weight is 303 g/mol. The molecular weight excluding hydrogens is 288 g/mol. The van der Waals surface area contributed by atoms with E-state index in [0.29, 0.717) is 22.2 Å². The van der Waals surface area contributed by atoms with Gasteiger partial charge in [0.05, 0.1) is 31.0 Å². The second kappa shape index (κ2) is 6.36. The molecule has 1 saturated heterocycles. The quantitative estimate of drug-likeness (QED) is 0.890. The van der Waals surface area contributed by atoms with Crippen LogP contribution in [0.5, 0.6) is 11.5 Å². The number of hydrogen-bond acceptors (Lipinski definition) is 5. The Kier molecular flexibility index (Phi) is 4.79. The third kappa shape index (κ3) is 3.26. The summed E-state index contributed by atoms with van der Waals surface area (Å²) in [6.45, 7) is 0. The van der Waals surface area contributed by atoms with Crippen molar-refractivity contribution in [1.82, 2.24) is 5.32 Å². The van der Waals surface area contributed by atoms with Crippen LogP contribution in [0.4, 0.5) is 5.69 Å². The summed E-state index contributed by atoms with van der Waals surface area (Å²) in [7, 11) is 3.05. The first kappa shape index (κ1) is 14.3. The van der Waals surface area contributed by atoms with Crippen molar-refractivity contribution in [3.8, 4) is 11.5 Å². The van der Waals surface area contributed by atoms with E-state index in [-0.39, 0.29) is 11.9 Å². The van der Waals surface area contributed by atoms with E-state index in [1.165, 1.54) is 14.2 Å². The van der Waals surface area contributed by atoms with Crippen molar-refractivity contribution in [3.63, 3.8) is 0 Å². The SMILES string of the molecule is COc1cc(NC(=O)C2CSCN2)c(OC)cc1Cl. The minimum absolute atomic E-state index is 0.0901. The maximum Gasteiger partial charge on any atom is 0.242 e. The number of hydrogen-bond donors (Lipinski definition) is 2. The smallest absolute Gasteiger partial charge is 0.242 e. The highest BCUT2D eigenvalue weighted by molar-refractivity contribution is 7.99. The maximum atomic E-state index is 12.1. The van der Waals surface area contributed by atoms with Crippen LogP contribution in [0.25, 0.3) is 0 Å². The van der Waals surface area contributed by atoms with Gasteiger partial charge in [0, 0.05) is 23.8 Å². The fourth-order valence-electron chi connectivity index (χ4n) is 1.74. The highest BCUT2D eigenvalue weighted by Gasteiger charge is 2.23. The number of halogens is 1. The van der Waals surface area contributed by atoms with Gasteiger partial charge in [-0.1, -0.05) is 11.6 Å². The highest BCUT2D eigenvalue weighted by atomic mass is 35.5. The summed E-state index contributed by atoms with van der Waals surface area (Å²) < 4.78 is 10.3. The zero-order valence-corrected chi connectivity index (χ0v) is 12.2. The minimum Gasteiger partial charge on any atom is -0.495 e. The third-order valence-electron chi connectivity index (χ3n) is 2.76. The number of thioether (sulfide) groups is 1. The van der Waals surface area contributed by atoms with Crippen LogP contribution in [-0.4, -0.2) is 37.8 Å². The third-order valence-corrected chi connectivity index (χ3v) is 4.00. The summed E-state index contributed by atoms with van der Waals surface area (Å²) in [4.78, 5) is 12.1. The van der Waals surface area contributed by atoms with Crippen LogP contribution in [0.15, 0.2) is 12.1 Å². The minimum atomic E-state index is -0.184. The van der Waals surface area contributed by atoms with E-state index < -0.39 is 0 Å². The fourth-order valence-corrected chi connectivity index (χ4v) is 2.91. The standard InChI is InChI=1S/C12H15ClN2O3S/c1-17-10-4-8(11(18-2)3-7(10)13)15-12(16)9-5-19-6-14-9/h3-4,9,14H,5-6H2,1-2H3,(H,15,16). The van der Waals surface area contributed by atoms with Crippen molar-refractivity contribution in [3.05, 3.63) is 17.2 Å². The molecule has 0 radical (unpaired) electrons. The van der Waals surface area contributed by atoms with Crippen LogP contribution in [0, 0.1) is 0 Å². The first-order valence-corrected chi connectivity index (χ1v) is 7.22. The molecule has 5 nitrogen and oxygen atoms in total. The van der Waals surface area contributed by atoms with E-state index in [2.05, 4.69) is 10.6 Å². The number of nitrogens with one attached hydrogen (secondary N) is 2. The summed E-state index contributed by atoms with van der Waals surface area (Å²) in [6, 6.07) is 3.09. The Morgan fingerprint density at radius 2 is 2.16 bits per heavy atom. The molecule has 1 aromatic carbocycles. The lowest BCUT2D eigenvalue weighted by Crippen LogP contribution is -2.37. The zero-order valence-electron chi connectivity index (χ0n) is 10.7. The lowest BCUT2D eigenvalue weighted by atomic mass is 10.2. The van der Waals surface area contributed by atoms with Crippen molar-refractivity contribution in [1.29, 1.82) is 0 Å². The van der Waals surface area contributed by atoms with E-state index in [0.717, 1.165) is 11.6 Å². The molecule has 19 heavy (non-hydrogen) atoms. The van der Waals surface area contributed by atoms with Crippen LogP contribution < -0.4 is 20.1 Å². The molecule has 0 aliphatic carbocycles. The monoisotopic (exact) mass is 302 g/mol. The van der Waals surface area contributed by atoms with Gasteiger partial charge in [0.15, 0.2) is 0 Å². The molecule has 104 valence electrons. The molecule has 0 saturated carbocycles. The largest absolute Gasteiger partial charge is 0.495 e. The van der Waals surface area contributed by atoms with Crippen LogP contribution >= 0.6 is 23.4 Å². The molecule has 1 aliphatic heterocycles. The first-order chi connectivity index (χ1) is 9.15. The summed E-state index contributed by atoms with van der Waals surface area (Å²) in [5.41, 5.74) is 0.549. The van der Waals surface area contributed by atoms with Gasteiger partial charge in [-0.05, 0) is 0 Å². The lowest BCUT2D eigenvalue weighted by molar-refractivity contribution is -0.117. The predicted molar refractivity (Wildman–Crippen MR) is 77.4 cm³/mol. The molecule has 1 fully saturated rings. The second-order valence-corrected chi connectivity index (χ2v) is 5.39. The molecule has 7 heteroatoms. The first-order valence-electron chi connectivity index (χ1n) is 5.69. The van der Waals surface area contributed by atoms with E-state index in [4.69, 9.17) is 21.1 Å². The molecule has 1 aromatic rings. The van der Waals surface area contributed by atoms with Crippen molar-refractivity contribution in [2.45, 2.75) is 6.04 Å². The number of benzene rings is 1. The number of amides is 1. The Bertz CT molecular complexity index is 478. The van der Waals surface area contributed by atoms with Crippen LogP contribution in [0.3, 0.4) is 0 Å². The summed E-state index contributed by atoms with van der Waals surface area (Å²) >= 11 is 7.70. The van der Waals surface area contributed by atoms with Gasteiger partial charge in [0.1, 0.15) is 11.5 Å². The molecule has 0 bridgehead atoms. The Morgan fingerprint density at radius 3 is 2.74 bits per heavy atom. The average Bonchev–Trinajstić information content (AvgIpc) is 2.94. The van der Waals surface area contributed by atoms with Crippen molar-refractivity contribution < 1.29 is 14.3 Å². The van der Waals surface area contributed by atoms with E-state index in [1.54, 1.807) is 23.9 Å². The maximum absolute atomic E-state index is 12.1. The summed E-state index contributed by atoms with van der Waals surface area (Å²) in [5.74, 6) is 2.46. The highest BCUT2D eigenvalue weighted by Crippen LogP contribution is 2.36. The molecule has 1 unspecified atom stereocenters. The molecule has 2 N–H and O–H groups in total. The number of carbonyl (C=O) groups excluding carboxylic acids is 1. The Balaban J connectivity index is 2.20. The molecule has 0 aromatic heterocycles. The molecule has 1 aliphatic rings. The van der Waals surface area contributed by atoms with Crippen LogP contribution in [-0.2, 0) is 4.79 Å². The van der Waals surface area contributed by atoms with E-state index in [1.807, 2.05) is 0 Å². The normalized spacial score (nSPS) is 18.2. The molecular formula is C12H15ClN2O3S. The molecule has 1 amide bonds. The number of methoxy groups -OCH3 is 2. The van der Waals surface area contributed by atoms with Crippen molar-refractivity contribution in [2.24, 2.45) is 0 Å². The summed E-state index contributed by atoms with van der Waals surface area (Å²) in [5, 5.41) is 6.37. The Morgan fingerprint density at radius 1 is 1.42 bits per heavy atom. The van der Waals surface area contributed by atoms with Gasteiger partial charge in [-0.2, -0.15) is 0 Å². The van der Waals surface area contributed by atoms with Gasteiger partial charge >= 0.3 is 0 Å². The molecule has 2 rings (SSSR count). The number of carbonyl (C=O) groups is 1. The van der Waals surface area contributed by atoms with Gasteiger partial charge in [0.25, 0.3) is 0 Å². The van der Waals surface area contributed by atoms with Crippen LogP contribution in [0.1, 0.15) is 0 Å². The lowest BCUT2D eigenvalue weighted by Gasteiger charge is -2.15. The number of rotatable bonds is 4.